The first kappa shape index (κ1) is 14.4. The molecule has 102 valence electrons. The molecule has 0 aliphatic carbocycles. The van der Waals surface area contributed by atoms with Gasteiger partial charge in [0.15, 0.2) is 0 Å². The molecule has 1 aromatic rings. The SMILES string of the molecule is CCCc1nn(C)c(NCCCCN)c1[N+](=O)[O-]. The number of aromatic nitrogens is 2. The van der Waals surface area contributed by atoms with E-state index in [2.05, 4.69) is 10.4 Å². The van der Waals surface area contributed by atoms with E-state index in [0.717, 1.165) is 19.3 Å². The second-order valence-corrected chi connectivity index (χ2v) is 4.20. The van der Waals surface area contributed by atoms with Gasteiger partial charge in [-0.2, -0.15) is 5.10 Å². The fraction of sp³-hybridized carbons (Fsp3) is 0.727. The standard InChI is InChI=1S/C11H21N5O2/c1-3-6-9-10(16(17)18)11(15(2)14-9)13-8-5-4-7-12/h13H,3-8,12H2,1-2H3. The van der Waals surface area contributed by atoms with Crippen LogP contribution in [-0.2, 0) is 13.5 Å². The number of anilines is 1. The average Bonchev–Trinajstić information content (AvgIpc) is 2.62. The number of nitro groups is 1. The summed E-state index contributed by atoms with van der Waals surface area (Å²) >= 11 is 0. The Labute approximate surface area is 107 Å². The van der Waals surface area contributed by atoms with Crippen molar-refractivity contribution in [2.45, 2.75) is 32.6 Å². The van der Waals surface area contributed by atoms with Gasteiger partial charge in [-0.1, -0.05) is 13.3 Å². The minimum absolute atomic E-state index is 0.104. The third kappa shape index (κ3) is 3.43. The Bertz CT molecular complexity index is 402. The van der Waals surface area contributed by atoms with Gasteiger partial charge in [0.25, 0.3) is 0 Å². The number of rotatable bonds is 8. The van der Waals surface area contributed by atoms with E-state index < -0.39 is 0 Å². The molecule has 0 atom stereocenters. The fourth-order valence-corrected chi connectivity index (χ4v) is 1.84. The lowest BCUT2D eigenvalue weighted by molar-refractivity contribution is -0.384. The molecule has 1 aromatic heterocycles. The van der Waals surface area contributed by atoms with Crippen molar-refractivity contribution in [2.75, 3.05) is 18.4 Å². The second kappa shape index (κ2) is 6.95. The predicted octanol–water partition coefficient (Wildman–Crippen LogP) is 1.43. The third-order valence-electron chi connectivity index (χ3n) is 2.68. The topological polar surface area (TPSA) is 99.0 Å². The van der Waals surface area contributed by atoms with E-state index in [1.807, 2.05) is 6.92 Å². The lowest BCUT2D eigenvalue weighted by Gasteiger charge is -2.05. The van der Waals surface area contributed by atoms with E-state index in [1.54, 1.807) is 11.7 Å². The van der Waals surface area contributed by atoms with Gasteiger partial charge in [-0.15, -0.1) is 0 Å². The number of nitrogens with two attached hydrogens (primary N) is 1. The van der Waals surface area contributed by atoms with Gasteiger partial charge in [0.1, 0.15) is 5.69 Å². The lowest BCUT2D eigenvalue weighted by Crippen LogP contribution is -2.09. The maximum absolute atomic E-state index is 11.1. The van der Waals surface area contributed by atoms with Crippen molar-refractivity contribution >= 4 is 11.5 Å². The average molecular weight is 255 g/mol. The van der Waals surface area contributed by atoms with Gasteiger partial charge in [0.2, 0.25) is 5.82 Å². The molecule has 0 aliphatic rings. The van der Waals surface area contributed by atoms with Crippen LogP contribution in [0.15, 0.2) is 0 Å². The molecule has 3 N–H and O–H groups in total. The summed E-state index contributed by atoms with van der Waals surface area (Å²) in [6.45, 7) is 3.28. The predicted molar refractivity (Wildman–Crippen MR) is 70.6 cm³/mol. The maximum Gasteiger partial charge on any atom is 0.333 e. The van der Waals surface area contributed by atoms with Crippen molar-refractivity contribution in [1.82, 2.24) is 9.78 Å². The molecule has 0 unspecified atom stereocenters. The molecule has 0 bridgehead atoms. The van der Waals surface area contributed by atoms with Crippen molar-refractivity contribution in [2.24, 2.45) is 12.8 Å². The van der Waals surface area contributed by atoms with Gasteiger partial charge >= 0.3 is 5.69 Å². The van der Waals surface area contributed by atoms with E-state index in [-0.39, 0.29) is 10.6 Å². The first-order chi connectivity index (χ1) is 8.61. The molecule has 1 heterocycles. The Hall–Kier alpha value is -1.63. The molecule has 0 aromatic carbocycles. The summed E-state index contributed by atoms with van der Waals surface area (Å²) in [5, 5.41) is 18.4. The zero-order valence-electron chi connectivity index (χ0n) is 11.0. The first-order valence-electron chi connectivity index (χ1n) is 6.26. The summed E-state index contributed by atoms with van der Waals surface area (Å²) in [4.78, 5) is 10.8. The minimum atomic E-state index is -0.358. The van der Waals surface area contributed by atoms with Crippen LogP contribution in [0.1, 0.15) is 31.9 Å². The Morgan fingerprint density at radius 2 is 2.22 bits per heavy atom. The zero-order valence-corrected chi connectivity index (χ0v) is 11.0. The minimum Gasteiger partial charge on any atom is -0.365 e. The van der Waals surface area contributed by atoms with E-state index in [1.165, 1.54) is 0 Å². The third-order valence-corrected chi connectivity index (χ3v) is 2.68. The first-order valence-corrected chi connectivity index (χ1v) is 6.26. The fourth-order valence-electron chi connectivity index (χ4n) is 1.84. The van der Waals surface area contributed by atoms with Crippen LogP contribution in [0.5, 0.6) is 0 Å². The highest BCUT2D eigenvalue weighted by molar-refractivity contribution is 5.59. The molecule has 0 radical (unpaired) electrons. The van der Waals surface area contributed by atoms with Gasteiger partial charge in [-0.25, -0.2) is 4.68 Å². The quantitative estimate of drug-likeness (QED) is 0.416. The maximum atomic E-state index is 11.1. The molecular formula is C11H21N5O2. The molecule has 0 fully saturated rings. The lowest BCUT2D eigenvalue weighted by atomic mass is 10.2. The number of unbranched alkanes of at least 4 members (excludes halogenated alkanes) is 1. The van der Waals surface area contributed by atoms with Crippen molar-refractivity contribution < 1.29 is 4.92 Å². The molecule has 0 saturated heterocycles. The van der Waals surface area contributed by atoms with Gasteiger partial charge in [0, 0.05) is 13.6 Å². The largest absolute Gasteiger partial charge is 0.365 e. The van der Waals surface area contributed by atoms with E-state index >= 15 is 0 Å². The molecule has 0 saturated carbocycles. The van der Waals surface area contributed by atoms with E-state index in [9.17, 15) is 10.1 Å². The van der Waals surface area contributed by atoms with Crippen LogP contribution < -0.4 is 11.1 Å². The van der Waals surface area contributed by atoms with Crippen molar-refractivity contribution in [3.8, 4) is 0 Å². The highest BCUT2D eigenvalue weighted by Gasteiger charge is 2.25. The number of hydrogen-bond donors (Lipinski definition) is 2. The monoisotopic (exact) mass is 255 g/mol. The summed E-state index contributed by atoms with van der Waals surface area (Å²) in [6, 6.07) is 0. The molecule has 18 heavy (non-hydrogen) atoms. The van der Waals surface area contributed by atoms with Gasteiger partial charge in [-0.05, 0) is 25.8 Å². The van der Waals surface area contributed by atoms with Crippen LogP contribution in [0.4, 0.5) is 11.5 Å². The van der Waals surface area contributed by atoms with Crippen LogP contribution >= 0.6 is 0 Å². The highest BCUT2D eigenvalue weighted by Crippen LogP contribution is 2.28. The molecule has 0 aliphatic heterocycles. The van der Waals surface area contributed by atoms with Gasteiger partial charge in [-0.3, -0.25) is 10.1 Å². The number of nitrogens with one attached hydrogen (secondary N) is 1. The zero-order chi connectivity index (χ0) is 13.5. The Kier molecular flexibility index (Phi) is 5.57. The summed E-state index contributed by atoms with van der Waals surface area (Å²) in [5.41, 5.74) is 6.06. The van der Waals surface area contributed by atoms with E-state index in [4.69, 9.17) is 5.73 Å². The number of aryl methyl sites for hydroxylation is 2. The number of hydrogen-bond acceptors (Lipinski definition) is 5. The smallest absolute Gasteiger partial charge is 0.333 e. The van der Waals surface area contributed by atoms with Crippen molar-refractivity contribution in [1.29, 1.82) is 0 Å². The highest BCUT2D eigenvalue weighted by atomic mass is 16.6. The molecule has 1 rings (SSSR count). The van der Waals surface area contributed by atoms with Crippen LogP contribution in [0.2, 0.25) is 0 Å². The molecule has 0 spiro atoms. The summed E-state index contributed by atoms with van der Waals surface area (Å²) < 4.78 is 1.55. The van der Waals surface area contributed by atoms with Crippen molar-refractivity contribution in [3.63, 3.8) is 0 Å². The van der Waals surface area contributed by atoms with Gasteiger partial charge < -0.3 is 11.1 Å². The molecular weight excluding hydrogens is 234 g/mol. The van der Waals surface area contributed by atoms with Crippen molar-refractivity contribution in [3.05, 3.63) is 15.8 Å². The Morgan fingerprint density at radius 1 is 1.50 bits per heavy atom. The van der Waals surface area contributed by atoms with Crippen LogP contribution in [0, 0.1) is 10.1 Å². The second-order valence-electron chi connectivity index (χ2n) is 4.20. The normalized spacial score (nSPS) is 10.6. The van der Waals surface area contributed by atoms with Crippen LogP contribution in [-0.4, -0.2) is 27.8 Å². The molecule has 7 heteroatoms. The summed E-state index contributed by atoms with van der Waals surface area (Å²) in [5.74, 6) is 0.487. The summed E-state index contributed by atoms with van der Waals surface area (Å²) in [7, 11) is 1.72. The van der Waals surface area contributed by atoms with Crippen LogP contribution in [0.3, 0.4) is 0 Å². The summed E-state index contributed by atoms with van der Waals surface area (Å²) in [6.07, 6.45) is 3.25. The Balaban J connectivity index is 2.84. The van der Waals surface area contributed by atoms with Crippen LogP contribution in [0.25, 0.3) is 0 Å². The molecule has 7 nitrogen and oxygen atoms in total. The Morgan fingerprint density at radius 3 is 2.78 bits per heavy atom. The number of nitrogens with zero attached hydrogens (tertiary/aromatic N) is 3. The molecule has 0 amide bonds. The van der Waals surface area contributed by atoms with E-state index in [0.29, 0.717) is 31.0 Å². The van der Waals surface area contributed by atoms with Gasteiger partial charge in [0.05, 0.1) is 4.92 Å².